The highest BCUT2D eigenvalue weighted by Gasteiger charge is 2.19. The van der Waals surface area contributed by atoms with Gasteiger partial charge in [0, 0.05) is 21.6 Å². The zero-order valence-corrected chi connectivity index (χ0v) is 17.5. The number of hydrogen-bond donors (Lipinski definition) is 1. The second kappa shape index (κ2) is 10.9. The number of carbonyl (C=O) groups is 2. The van der Waals surface area contributed by atoms with Crippen LogP contribution in [0, 0.1) is 0 Å². The van der Waals surface area contributed by atoms with E-state index in [1.54, 1.807) is 43.5 Å². The van der Waals surface area contributed by atoms with Crippen LogP contribution in [0.2, 0.25) is 0 Å². The Labute approximate surface area is 168 Å². The maximum absolute atomic E-state index is 10.9. The summed E-state index contributed by atoms with van der Waals surface area (Å²) >= 11 is 6.53. The summed E-state index contributed by atoms with van der Waals surface area (Å²) in [6, 6.07) is 10.3. The first-order valence-electron chi connectivity index (χ1n) is 7.24. The van der Waals surface area contributed by atoms with Crippen LogP contribution in [0.4, 0.5) is 0 Å². The minimum atomic E-state index is -1.03. The number of halogens is 2. The molecule has 0 aliphatic carbocycles. The minimum absolute atomic E-state index is 0.538. The minimum Gasteiger partial charge on any atom is -0.497 e. The SMILES string of the molecule is COc1cc(Br)cc(C(OC)C(=O)O)c1.COc1cc(Br)cc(C=O)c1. The van der Waals surface area contributed by atoms with Crippen LogP contribution in [0.25, 0.3) is 0 Å². The second-order valence-electron chi connectivity index (χ2n) is 4.92. The third-order valence-electron chi connectivity index (χ3n) is 3.16. The lowest BCUT2D eigenvalue weighted by molar-refractivity contribution is -0.148. The Hall–Kier alpha value is -1.90. The molecule has 0 bridgehead atoms. The Balaban J connectivity index is 0.000000273. The highest BCUT2D eigenvalue weighted by atomic mass is 79.9. The standard InChI is InChI=1S/C10H11BrO4.C8H7BrO2/c1-14-8-4-6(3-7(11)5-8)9(15-2)10(12)13;1-11-8-3-6(5-10)2-7(9)4-8/h3-5,9H,1-2H3,(H,12,13);2-5H,1H3. The van der Waals surface area contributed by atoms with Crippen molar-refractivity contribution in [3.05, 3.63) is 56.5 Å². The topological polar surface area (TPSA) is 82.1 Å². The van der Waals surface area contributed by atoms with Gasteiger partial charge in [0.05, 0.1) is 14.2 Å². The first kappa shape index (κ1) is 22.1. The van der Waals surface area contributed by atoms with Gasteiger partial charge in [0.25, 0.3) is 0 Å². The predicted molar refractivity (Wildman–Crippen MR) is 104 cm³/mol. The highest BCUT2D eigenvalue weighted by Crippen LogP contribution is 2.27. The van der Waals surface area contributed by atoms with Gasteiger partial charge in [0.2, 0.25) is 0 Å². The van der Waals surface area contributed by atoms with E-state index in [2.05, 4.69) is 31.9 Å². The van der Waals surface area contributed by atoms with E-state index in [1.165, 1.54) is 14.2 Å². The Kier molecular flexibility index (Phi) is 9.32. The Morgan fingerprint density at radius 3 is 1.96 bits per heavy atom. The van der Waals surface area contributed by atoms with Gasteiger partial charge >= 0.3 is 5.97 Å². The maximum Gasteiger partial charge on any atom is 0.337 e. The number of carboxylic acid groups (broad SMARTS) is 1. The smallest absolute Gasteiger partial charge is 0.337 e. The van der Waals surface area contributed by atoms with Crippen molar-refractivity contribution in [1.29, 1.82) is 0 Å². The number of methoxy groups -OCH3 is 3. The molecular formula is C18H18Br2O6. The fraction of sp³-hybridized carbons (Fsp3) is 0.222. The van der Waals surface area contributed by atoms with Crippen LogP contribution in [-0.4, -0.2) is 38.7 Å². The largest absolute Gasteiger partial charge is 0.497 e. The molecule has 0 fully saturated rings. The van der Waals surface area contributed by atoms with Crippen LogP contribution in [-0.2, 0) is 9.53 Å². The van der Waals surface area contributed by atoms with Gasteiger partial charge in [-0.3, -0.25) is 4.79 Å². The lowest BCUT2D eigenvalue weighted by Crippen LogP contribution is -2.13. The highest BCUT2D eigenvalue weighted by molar-refractivity contribution is 9.10. The summed E-state index contributed by atoms with van der Waals surface area (Å²) in [5.74, 6) is 0.238. The molecule has 1 N–H and O–H groups in total. The number of hydrogen-bond acceptors (Lipinski definition) is 5. The van der Waals surface area contributed by atoms with E-state index < -0.39 is 12.1 Å². The molecule has 8 heteroatoms. The van der Waals surface area contributed by atoms with E-state index in [4.69, 9.17) is 19.3 Å². The molecule has 0 spiro atoms. The molecule has 2 aromatic rings. The molecule has 2 aromatic carbocycles. The third-order valence-corrected chi connectivity index (χ3v) is 4.07. The van der Waals surface area contributed by atoms with E-state index in [0.29, 0.717) is 22.6 Å². The molecule has 0 aromatic heterocycles. The molecule has 140 valence electrons. The average molecular weight is 490 g/mol. The van der Waals surface area contributed by atoms with E-state index in [-0.39, 0.29) is 0 Å². The van der Waals surface area contributed by atoms with E-state index in [1.807, 2.05) is 0 Å². The fourth-order valence-corrected chi connectivity index (χ4v) is 2.98. The predicted octanol–water partition coefficient (Wildman–Crippen LogP) is 4.50. The van der Waals surface area contributed by atoms with Crippen LogP contribution < -0.4 is 9.47 Å². The average Bonchev–Trinajstić information content (AvgIpc) is 2.61. The number of rotatable bonds is 6. The Morgan fingerprint density at radius 2 is 1.50 bits per heavy atom. The molecule has 0 aliphatic heterocycles. The first-order chi connectivity index (χ1) is 12.3. The van der Waals surface area contributed by atoms with Crippen molar-refractivity contribution >= 4 is 44.1 Å². The summed E-state index contributed by atoms with van der Waals surface area (Å²) in [6.45, 7) is 0. The van der Waals surface area contributed by atoms with Crippen LogP contribution in [0.5, 0.6) is 11.5 Å². The van der Waals surface area contributed by atoms with Crippen LogP contribution in [0.15, 0.2) is 45.3 Å². The fourth-order valence-electron chi connectivity index (χ4n) is 2.00. The van der Waals surface area contributed by atoms with Gasteiger partial charge in [-0.1, -0.05) is 31.9 Å². The molecule has 0 saturated carbocycles. The van der Waals surface area contributed by atoms with Crippen LogP contribution in [0.1, 0.15) is 22.0 Å². The van der Waals surface area contributed by atoms with Crippen molar-refractivity contribution in [1.82, 2.24) is 0 Å². The number of benzene rings is 2. The molecule has 26 heavy (non-hydrogen) atoms. The van der Waals surface area contributed by atoms with Gasteiger partial charge in [-0.25, -0.2) is 4.79 Å². The normalized spacial score (nSPS) is 11.0. The van der Waals surface area contributed by atoms with Crippen molar-refractivity contribution in [3.63, 3.8) is 0 Å². The molecule has 0 heterocycles. The van der Waals surface area contributed by atoms with E-state index in [0.717, 1.165) is 15.2 Å². The maximum atomic E-state index is 10.9. The van der Waals surface area contributed by atoms with Gasteiger partial charge in [0.15, 0.2) is 6.10 Å². The van der Waals surface area contributed by atoms with Crippen molar-refractivity contribution in [2.24, 2.45) is 0 Å². The number of aldehydes is 1. The zero-order chi connectivity index (χ0) is 19.7. The van der Waals surface area contributed by atoms with Gasteiger partial charge in [0.1, 0.15) is 17.8 Å². The van der Waals surface area contributed by atoms with E-state index in [9.17, 15) is 9.59 Å². The Bertz CT molecular complexity index is 763. The third kappa shape index (κ3) is 6.78. The lowest BCUT2D eigenvalue weighted by Gasteiger charge is -2.12. The first-order valence-corrected chi connectivity index (χ1v) is 8.83. The van der Waals surface area contributed by atoms with Gasteiger partial charge < -0.3 is 19.3 Å². The molecule has 2 rings (SSSR count). The van der Waals surface area contributed by atoms with Gasteiger partial charge in [-0.15, -0.1) is 0 Å². The number of aliphatic carboxylic acids is 1. The van der Waals surface area contributed by atoms with Crippen molar-refractivity contribution in [2.45, 2.75) is 6.10 Å². The molecular weight excluding hydrogens is 472 g/mol. The number of carboxylic acids is 1. The van der Waals surface area contributed by atoms with Crippen LogP contribution >= 0.6 is 31.9 Å². The molecule has 0 saturated heterocycles. The quantitative estimate of drug-likeness (QED) is 0.601. The van der Waals surface area contributed by atoms with Gasteiger partial charge in [-0.2, -0.15) is 0 Å². The monoisotopic (exact) mass is 488 g/mol. The molecule has 1 unspecified atom stereocenters. The summed E-state index contributed by atoms with van der Waals surface area (Å²) in [4.78, 5) is 21.2. The van der Waals surface area contributed by atoms with Gasteiger partial charge in [-0.05, 0) is 42.0 Å². The molecule has 0 radical (unpaired) electrons. The summed E-state index contributed by atoms with van der Waals surface area (Å²) in [5.41, 5.74) is 1.15. The summed E-state index contributed by atoms with van der Waals surface area (Å²) in [7, 11) is 4.44. The zero-order valence-electron chi connectivity index (χ0n) is 14.4. The van der Waals surface area contributed by atoms with Crippen molar-refractivity contribution in [2.75, 3.05) is 21.3 Å². The van der Waals surface area contributed by atoms with Crippen LogP contribution in [0.3, 0.4) is 0 Å². The lowest BCUT2D eigenvalue weighted by atomic mass is 10.1. The van der Waals surface area contributed by atoms with Crippen molar-refractivity contribution < 1.29 is 28.9 Å². The second-order valence-corrected chi connectivity index (χ2v) is 6.75. The summed E-state index contributed by atoms with van der Waals surface area (Å²) in [5, 5.41) is 8.90. The number of carbonyl (C=O) groups excluding carboxylic acids is 1. The van der Waals surface area contributed by atoms with Crippen molar-refractivity contribution in [3.8, 4) is 11.5 Å². The Morgan fingerprint density at radius 1 is 0.962 bits per heavy atom. The molecule has 1 atom stereocenters. The van der Waals surface area contributed by atoms with E-state index >= 15 is 0 Å². The summed E-state index contributed by atoms with van der Waals surface area (Å²) in [6.07, 6.45) is -0.191. The molecule has 0 aliphatic rings. The molecule has 0 amide bonds. The number of ether oxygens (including phenoxy) is 3. The summed E-state index contributed by atoms with van der Waals surface area (Å²) < 4.78 is 16.5. The molecule has 6 nitrogen and oxygen atoms in total.